The van der Waals surface area contributed by atoms with Crippen molar-refractivity contribution in [3.63, 3.8) is 0 Å². The topological polar surface area (TPSA) is 108 Å². The van der Waals surface area contributed by atoms with E-state index < -0.39 is 24.0 Å². The number of carboxylic acids is 1. The average molecular weight is 297 g/mol. The number of hydrogen-bond acceptors (Lipinski definition) is 5. The highest BCUT2D eigenvalue weighted by Gasteiger charge is 2.33. The fourth-order valence-corrected chi connectivity index (χ4v) is 2.40. The molecule has 2 amide bonds. The van der Waals surface area contributed by atoms with E-state index in [1.807, 2.05) is 0 Å². The normalized spacial score (nSPS) is 23.0. The maximum absolute atomic E-state index is 12.2. The molecule has 0 aromatic carbocycles. The van der Waals surface area contributed by atoms with Crippen LogP contribution in [0.2, 0.25) is 0 Å². The highest BCUT2D eigenvalue weighted by molar-refractivity contribution is 6.36. The van der Waals surface area contributed by atoms with Gasteiger partial charge in [0.05, 0.1) is 0 Å². The minimum Gasteiger partial charge on any atom is -0.477 e. The van der Waals surface area contributed by atoms with Crippen LogP contribution in [0.3, 0.4) is 0 Å². The minimum atomic E-state index is -1.21. The second-order valence-corrected chi connectivity index (χ2v) is 5.26. The number of aliphatic carboxylic acids is 1. The number of carbonyl (C=O) groups is 3. The molecule has 2 heterocycles. The Morgan fingerprint density at radius 2 is 2.00 bits per heavy atom. The summed E-state index contributed by atoms with van der Waals surface area (Å²) in [6.45, 7) is 3.04. The molecule has 1 saturated heterocycles. The van der Waals surface area contributed by atoms with Crippen LogP contribution in [0.4, 0.5) is 0 Å². The van der Waals surface area contributed by atoms with E-state index in [0.29, 0.717) is 13.1 Å². The van der Waals surface area contributed by atoms with Gasteiger partial charge in [0.25, 0.3) is 5.91 Å². The molecule has 2 aliphatic rings. The first kappa shape index (κ1) is 15.3. The molecule has 0 aliphatic carbocycles. The van der Waals surface area contributed by atoms with Crippen molar-refractivity contribution in [2.45, 2.75) is 44.8 Å². The Kier molecular flexibility index (Phi) is 4.77. The molecular weight excluding hydrogens is 278 g/mol. The zero-order chi connectivity index (χ0) is 15.4. The fourth-order valence-electron chi connectivity index (χ4n) is 2.40. The van der Waals surface area contributed by atoms with Crippen LogP contribution in [-0.2, 0) is 19.2 Å². The quantitative estimate of drug-likeness (QED) is 0.742. The van der Waals surface area contributed by atoms with E-state index in [9.17, 15) is 14.4 Å². The Hall–Kier alpha value is -2.12. The van der Waals surface area contributed by atoms with Gasteiger partial charge in [-0.1, -0.05) is 5.16 Å². The summed E-state index contributed by atoms with van der Waals surface area (Å²) in [6, 6.07) is -0.659. The van der Waals surface area contributed by atoms with Crippen LogP contribution in [0.25, 0.3) is 0 Å². The van der Waals surface area contributed by atoms with E-state index in [0.717, 1.165) is 19.3 Å². The number of rotatable bonds is 4. The van der Waals surface area contributed by atoms with Gasteiger partial charge in [0.1, 0.15) is 6.04 Å². The monoisotopic (exact) mass is 297 g/mol. The number of oxime groups is 1. The van der Waals surface area contributed by atoms with E-state index in [2.05, 4.69) is 10.5 Å². The lowest BCUT2D eigenvalue weighted by atomic mass is 10.1. The van der Waals surface area contributed by atoms with Gasteiger partial charge in [-0.2, -0.15) is 0 Å². The van der Waals surface area contributed by atoms with Crippen molar-refractivity contribution >= 4 is 23.5 Å². The predicted octanol–water partition coefficient (Wildman–Crippen LogP) is -0.267. The van der Waals surface area contributed by atoms with Gasteiger partial charge in [0.15, 0.2) is 5.71 Å². The zero-order valence-corrected chi connectivity index (χ0v) is 11.9. The van der Waals surface area contributed by atoms with Crippen LogP contribution in [-0.4, -0.2) is 58.7 Å². The van der Waals surface area contributed by atoms with Crippen molar-refractivity contribution in [1.29, 1.82) is 0 Å². The molecule has 0 aromatic heterocycles. The molecule has 2 unspecified atom stereocenters. The summed E-state index contributed by atoms with van der Waals surface area (Å²) in [7, 11) is 0. The van der Waals surface area contributed by atoms with E-state index >= 15 is 0 Å². The van der Waals surface area contributed by atoms with Gasteiger partial charge in [-0.3, -0.25) is 9.59 Å². The molecule has 0 aromatic rings. The summed E-state index contributed by atoms with van der Waals surface area (Å²) >= 11 is 0. The Labute approximate surface area is 122 Å². The number of hydrogen-bond donors (Lipinski definition) is 2. The highest BCUT2D eigenvalue weighted by Crippen LogP contribution is 2.13. The summed E-state index contributed by atoms with van der Waals surface area (Å²) < 4.78 is 0. The number of carboxylic acid groups (broad SMARTS) is 1. The molecule has 2 atom stereocenters. The lowest BCUT2D eigenvalue weighted by molar-refractivity contribution is -0.139. The van der Waals surface area contributed by atoms with Gasteiger partial charge < -0.3 is 20.2 Å². The number of likely N-dealkylation sites (tertiary alicyclic amines) is 1. The molecule has 2 rings (SSSR count). The molecule has 1 fully saturated rings. The van der Waals surface area contributed by atoms with Gasteiger partial charge >= 0.3 is 5.97 Å². The van der Waals surface area contributed by atoms with Gasteiger partial charge in [0.2, 0.25) is 12.0 Å². The van der Waals surface area contributed by atoms with Crippen molar-refractivity contribution in [1.82, 2.24) is 10.2 Å². The number of nitrogens with zero attached hydrogens (tertiary/aromatic N) is 2. The summed E-state index contributed by atoms with van der Waals surface area (Å²) in [4.78, 5) is 41.3. The molecule has 8 nitrogen and oxygen atoms in total. The predicted molar refractivity (Wildman–Crippen MR) is 72.6 cm³/mol. The summed E-state index contributed by atoms with van der Waals surface area (Å²) in [6.07, 6.45) is 2.01. The first-order chi connectivity index (χ1) is 9.99. The van der Waals surface area contributed by atoms with Crippen LogP contribution in [0, 0.1) is 0 Å². The Balaban J connectivity index is 1.82. The largest absolute Gasteiger partial charge is 0.477 e. The van der Waals surface area contributed by atoms with Crippen LogP contribution in [0.1, 0.15) is 32.6 Å². The van der Waals surface area contributed by atoms with Gasteiger partial charge in [-0.25, -0.2) is 4.79 Å². The lowest BCUT2D eigenvalue weighted by Gasteiger charge is -2.29. The molecule has 2 N–H and O–H groups in total. The van der Waals surface area contributed by atoms with Gasteiger partial charge in [0, 0.05) is 19.5 Å². The molecule has 0 saturated carbocycles. The van der Waals surface area contributed by atoms with Crippen LogP contribution in [0.15, 0.2) is 5.16 Å². The van der Waals surface area contributed by atoms with Crippen molar-refractivity contribution in [3.05, 3.63) is 0 Å². The molecule has 21 heavy (non-hydrogen) atoms. The van der Waals surface area contributed by atoms with Crippen LogP contribution in [0.5, 0.6) is 0 Å². The summed E-state index contributed by atoms with van der Waals surface area (Å²) in [5.41, 5.74) is -0.190. The first-order valence-electron chi connectivity index (χ1n) is 7.04. The number of amides is 2. The summed E-state index contributed by atoms with van der Waals surface area (Å²) in [5, 5.41) is 14.6. The molecule has 8 heteroatoms. The molecule has 0 radical (unpaired) electrons. The SMILES string of the molecule is CC(NC(=O)C1CC(C(=O)O)=NO1)C(=O)N1CCCCC1. The van der Waals surface area contributed by atoms with E-state index in [4.69, 9.17) is 9.94 Å². The third-order valence-electron chi connectivity index (χ3n) is 3.61. The second-order valence-electron chi connectivity index (χ2n) is 5.26. The molecule has 0 spiro atoms. The third-order valence-corrected chi connectivity index (χ3v) is 3.61. The molecular formula is C13H19N3O5. The average Bonchev–Trinajstić information content (AvgIpc) is 2.97. The molecule has 0 bridgehead atoms. The van der Waals surface area contributed by atoms with Crippen LogP contribution >= 0.6 is 0 Å². The van der Waals surface area contributed by atoms with Crippen molar-refractivity contribution in [2.24, 2.45) is 5.16 Å². The van der Waals surface area contributed by atoms with Gasteiger partial charge in [-0.15, -0.1) is 0 Å². The molecule has 116 valence electrons. The fraction of sp³-hybridized carbons (Fsp3) is 0.692. The maximum Gasteiger partial charge on any atom is 0.353 e. The van der Waals surface area contributed by atoms with E-state index in [1.54, 1.807) is 11.8 Å². The second kappa shape index (κ2) is 6.55. The zero-order valence-electron chi connectivity index (χ0n) is 11.9. The third kappa shape index (κ3) is 3.71. The Morgan fingerprint density at radius 3 is 2.57 bits per heavy atom. The van der Waals surface area contributed by atoms with E-state index in [1.165, 1.54) is 0 Å². The van der Waals surface area contributed by atoms with Crippen molar-refractivity contribution in [3.8, 4) is 0 Å². The van der Waals surface area contributed by atoms with Crippen molar-refractivity contribution < 1.29 is 24.3 Å². The smallest absolute Gasteiger partial charge is 0.353 e. The highest BCUT2D eigenvalue weighted by atomic mass is 16.6. The van der Waals surface area contributed by atoms with Crippen LogP contribution < -0.4 is 5.32 Å². The number of piperidine rings is 1. The lowest BCUT2D eigenvalue weighted by Crippen LogP contribution is -2.50. The van der Waals surface area contributed by atoms with E-state index in [-0.39, 0.29) is 18.0 Å². The van der Waals surface area contributed by atoms with Gasteiger partial charge in [-0.05, 0) is 26.2 Å². The number of carbonyl (C=O) groups excluding carboxylic acids is 2. The maximum atomic E-state index is 12.2. The Bertz CT molecular complexity index is 470. The van der Waals surface area contributed by atoms with Crippen molar-refractivity contribution in [2.75, 3.05) is 13.1 Å². The molecule has 2 aliphatic heterocycles. The first-order valence-corrected chi connectivity index (χ1v) is 7.04. The Morgan fingerprint density at radius 1 is 1.33 bits per heavy atom. The summed E-state index contributed by atoms with van der Waals surface area (Å²) in [5.74, 6) is -1.85. The standard InChI is InChI=1S/C13H19N3O5/c1-8(12(18)16-5-3-2-4-6-16)14-11(17)10-7-9(13(19)20)15-21-10/h8,10H,2-7H2,1H3,(H,14,17)(H,19,20). The number of nitrogens with one attached hydrogen (secondary N) is 1. The minimum absolute atomic E-state index is 0.0915.